The summed E-state index contributed by atoms with van der Waals surface area (Å²) in [6.45, 7) is 1.64. The molecule has 0 aliphatic heterocycles. The molecule has 0 radical (unpaired) electrons. The lowest BCUT2D eigenvalue weighted by atomic mass is 9.52. The standard InChI is InChI=1S/C21H30N2O3/c1-13(19(24)23-21(12-22)5-3-2-4-6-21)26-20(25)18-16-8-14-7-15(10-16)11-17(18)9-14/h13-18H,2-11H2,1H3,(H,23,24)/t13-,14?,15?,16?,17?,18?/m0/s1. The van der Waals surface area contributed by atoms with E-state index in [1.54, 1.807) is 6.92 Å². The Morgan fingerprint density at radius 3 is 2.15 bits per heavy atom. The lowest BCUT2D eigenvalue weighted by Crippen LogP contribution is -2.53. The zero-order valence-corrected chi connectivity index (χ0v) is 15.7. The predicted octanol–water partition coefficient (Wildman–Crippen LogP) is 3.33. The summed E-state index contributed by atoms with van der Waals surface area (Å²) in [6.07, 6.45) is 9.54. The minimum Gasteiger partial charge on any atom is -0.452 e. The minimum absolute atomic E-state index is 0.0161. The molecular weight excluding hydrogens is 328 g/mol. The van der Waals surface area contributed by atoms with Crippen LogP contribution >= 0.6 is 0 Å². The van der Waals surface area contributed by atoms with Gasteiger partial charge in [0.1, 0.15) is 5.54 Å². The van der Waals surface area contributed by atoms with Crippen LogP contribution in [0.1, 0.15) is 71.1 Å². The molecule has 0 spiro atoms. The number of rotatable bonds is 4. The molecule has 0 heterocycles. The first-order valence-electron chi connectivity index (χ1n) is 10.4. The SMILES string of the molecule is C[C@H](OC(=O)C1C2CC3CC(C2)CC1C3)C(=O)NC1(C#N)CCCCC1. The van der Waals surface area contributed by atoms with Gasteiger partial charge in [-0.2, -0.15) is 5.26 Å². The number of esters is 1. The van der Waals surface area contributed by atoms with Crippen molar-refractivity contribution in [2.45, 2.75) is 82.8 Å². The summed E-state index contributed by atoms with van der Waals surface area (Å²) in [4.78, 5) is 25.4. The first-order valence-corrected chi connectivity index (χ1v) is 10.4. The molecule has 5 rings (SSSR count). The summed E-state index contributed by atoms with van der Waals surface area (Å²) in [5, 5.41) is 12.4. The van der Waals surface area contributed by atoms with E-state index < -0.39 is 11.6 Å². The van der Waals surface area contributed by atoms with E-state index in [2.05, 4.69) is 11.4 Å². The van der Waals surface area contributed by atoms with Gasteiger partial charge in [-0.25, -0.2) is 0 Å². The van der Waals surface area contributed by atoms with Crippen LogP contribution in [0.4, 0.5) is 0 Å². The maximum absolute atomic E-state index is 12.8. The van der Waals surface area contributed by atoms with Crippen LogP contribution in [0.5, 0.6) is 0 Å². The van der Waals surface area contributed by atoms with Crippen LogP contribution in [0.25, 0.3) is 0 Å². The first kappa shape index (κ1) is 17.8. The fourth-order valence-corrected chi connectivity index (χ4v) is 6.37. The fourth-order valence-electron chi connectivity index (χ4n) is 6.37. The average Bonchev–Trinajstić information content (AvgIpc) is 2.61. The average molecular weight is 358 g/mol. The Balaban J connectivity index is 1.35. The number of hydrogen-bond acceptors (Lipinski definition) is 4. The van der Waals surface area contributed by atoms with Crippen molar-refractivity contribution in [3.8, 4) is 6.07 Å². The molecule has 5 saturated carbocycles. The lowest BCUT2D eigenvalue weighted by Gasteiger charge is -2.53. The van der Waals surface area contributed by atoms with Crippen LogP contribution in [0, 0.1) is 40.9 Å². The predicted molar refractivity (Wildman–Crippen MR) is 95.7 cm³/mol. The molecule has 0 unspecified atom stereocenters. The van der Waals surface area contributed by atoms with E-state index in [4.69, 9.17) is 4.74 Å². The molecule has 1 amide bonds. The summed E-state index contributed by atoms with van der Waals surface area (Å²) in [6, 6.07) is 2.29. The summed E-state index contributed by atoms with van der Waals surface area (Å²) < 4.78 is 5.61. The maximum Gasteiger partial charge on any atom is 0.310 e. The molecule has 5 nitrogen and oxygen atoms in total. The van der Waals surface area contributed by atoms with Crippen molar-refractivity contribution < 1.29 is 14.3 Å². The smallest absolute Gasteiger partial charge is 0.310 e. The fraction of sp³-hybridized carbons (Fsp3) is 0.857. The van der Waals surface area contributed by atoms with E-state index in [0.717, 1.165) is 56.8 Å². The third-order valence-electron chi connectivity index (χ3n) is 7.44. The molecular formula is C21H30N2O3. The molecule has 0 saturated heterocycles. The van der Waals surface area contributed by atoms with E-state index in [-0.39, 0.29) is 17.8 Å². The maximum atomic E-state index is 12.8. The van der Waals surface area contributed by atoms with Gasteiger partial charge in [-0.3, -0.25) is 9.59 Å². The number of hydrogen-bond donors (Lipinski definition) is 1. The van der Waals surface area contributed by atoms with Crippen molar-refractivity contribution in [1.29, 1.82) is 5.26 Å². The Kier molecular flexibility index (Phi) is 4.71. The third-order valence-corrected chi connectivity index (χ3v) is 7.44. The van der Waals surface area contributed by atoms with Crippen LogP contribution in [0.3, 0.4) is 0 Å². The highest BCUT2D eigenvalue weighted by Crippen LogP contribution is 2.56. The molecule has 1 N–H and O–H groups in total. The second-order valence-electron chi connectivity index (χ2n) is 9.28. The Morgan fingerprint density at radius 2 is 1.62 bits per heavy atom. The van der Waals surface area contributed by atoms with Gasteiger partial charge < -0.3 is 10.1 Å². The topological polar surface area (TPSA) is 79.2 Å². The Hall–Kier alpha value is -1.57. The second kappa shape index (κ2) is 6.87. The normalized spacial score (nSPS) is 38.2. The number of carbonyl (C=O) groups excluding carboxylic acids is 2. The molecule has 0 aromatic rings. The summed E-state index contributed by atoms with van der Waals surface area (Å²) >= 11 is 0. The highest BCUT2D eigenvalue weighted by atomic mass is 16.5. The van der Waals surface area contributed by atoms with E-state index in [9.17, 15) is 14.9 Å². The van der Waals surface area contributed by atoms with Crippen molar-refractivity contribution in [2.24, 2.45) is 29.6 Å². The van der Waals surface area contributed by atoms with Gasteiger partial charge in [0.25, 0.3) is 5.91 Å². The van der Waals surface area contributed by atoms with E-state index in [0.29, 0.717) is 24.7 Å². The van der Waals surface area contributed by atoms with Gasteiger partial charge >= 0.3 is 5.97 Å². The van der Waals surface area contributed by atoms with Gasteiger partial charge in [0, 0.05) is 0 Å². The number of nitrogens with zero attached hydrogens (tertiary/aromatic N) is 1. The monoisotopic (exact) mass is 358 g/mol. The Bertz CT molecular complexity index is 589. The molecule has 5 aliphatic rings. The van der Waals surface area contributed by atoms with Crippen molar-refractivity contribution in [3.63, 3.8) is 0 Å². The quantitative estimate of drug-likeness (QED) is 0.782. The molecule has 5 fully saturated rings. The van der Waals surface area contributed by atoms with Crippen LogP contribution in [-0.4, -0.2) is 23.5 Å². The van der Waals surface area contributed by atoms with Crippen LogP contribution in [0.15, 0.2) is 0 Å². The van der Waals surface area contributed by atoms with Gasteiger partial charge in [0.05, 0.1) is 12.0 Å². The zero-order valence-electron chi connectivity index (χ0n) is 15.7. The lowest BCUT2D eigenvalue weighted by molar-refractivity contribution is -0.170. The van der Waals surface area contributed by atoms with Gasteiger partial charge in [-0.15, -0.1) is 0 Å². The molecule has 26 heavy (non-hydrogen) atoms. The second-order valence-corrected chi connectivity index (χ2v) is 9.28. The van der Waals surface area contributed by atoms with Crippen molar-refractivity contribution in [1.82, 2.24) is 5.32 Å². The first-order chi connectivity index (χ1) is 12.5. The van der Waals surface area contributed by atoms with Gasteiger partial charge in [-0.1, -0.05) is 19.3 Å². The van der Waals surface area contributed by atoms with Crippen LogP contribution in [-0.2, 0) is 14.3 Å². The van der Waals surface area contributed by atoms with Gasteiger partial charge in [-0.05, 0) is 75.5 Å². The number of nitriles is 1. The Morgan fingerprint density at radius 1 is 1.04 bits per heavy atom. The van der Waals surface area contributed by atoms with Gasteiger partial charge in [0.2, 0.25) is 0 Å². The van der Waals surface area contributed by atoms with E-state index in [1.165, 1.54) is 6.42 Å². The van der Waals surface area contributed by atoms with Crippen molar-refractivity contribution in [2.75, 3.05) is 0 Å². The number of nitrogens with one attached hydrogen (secondary N) is 1. The number of ether oxygens (including phenoxy) is 1. The summed E-state index contributed by atoms with van der Waals surface area (Å²) in [5.41, 5.74) is -0.779. The van der Waals surface area contributed by atoms with Crippen LogP contribution < -0.4 is 5.32 Å². The molecule has 5 heteroatoms. The number of amides is 1. The molecule has 1 atom stereocenters. The van der Waals surface area contributed by atoms with Crippen LogP contribution in [0.2, 0.25) is 0 Å². The minimum atomic E-state index is -0.827. The summed E-state index contributed by atoms with van der Waals surface area (Å²) in [5.74, 6) is 2.00. The van der Waals surface area contributed by atoms with Crippen molar-refractivity contribution in [3.05, 3.63) is 0 Å². The molecule has 0 aromatic carbocycles. The molecule has 142 valence electrons. The van der Waals surface area contributed by atoms with E-state index in [1.807, 2.05) is 0 Å². The highest BCUT2D eigenvalue weighted by molar-refractivity contribution is 5.85. The molecule has 0 aromatic heterocycles. The third kappa shape index (κ3) is 3.23. The highest BCUT2D eigenvalue weighted by Gasteiger charge is 2.51. The van der Waals surface area contributed by atoms with Crippen molar-refractivity contribution >= 4 is 11.9 Å². The molecule has 5 aliphatic carbocycles. The summed E-state index contributed by atoms with van der Waals surface area (Å²) in [7, 11) is 0. The zero-order chi connectivity index (χ0) is 18.3. The molecule has 4 bridgehead atoms. The van der Waals surface area contributed by atoms with Gasteiger partial charge in [0.15, 0.2) is 6.10 Å². The van der Waals surface area contributed by atoms with E-state index >= 15 is 0 Å². The number of carbonyl (C=O) groups is 2. The largest absolute Gasteiger partial charge is 0.452 e. The Labute approximate surface area is 155 Å².